The lowest BCUT2D eigenvalue weighted by molar-refractivity contribution is -0.481. The van der Waals surface area contributed by atoms with E-state index in [1.165, 1.54) is 0 Å². The van der Waals surface area contributed by atoms with Gasteiger partial charge in [-0.1, -0.05) is 31.2 Å². The number of aromatic amines is 1. The van der Waals surface area contributed by atoms with Crippen molar-refractivity contribution in [3.63, 3.8) is 0 Å². The number of piperazine rings is 1. The van der Waals surface area contributed by atoms with Gasteiger partial charge < -0.3 is 24.3 Å². The van der Waals surface area contributed by atoms with Crippen molar-refractivity contribution in [2.24, 2.45) is 5.92 Å². The molecule has 10 nitrogen and oxygen atoms in total. The highest BCUT2D eigenvalue weighted by atomic mass is 16.7. The zero-order valence-corrected chi connectivity index (χ0v) is 22.6. The third kappa shape index (κ3) is 4.87. The van der Waals surface area contributed by atoms with E-state index < -0.39 is 6.04 Å². The van der Waals surface area contributed by atoms with Crippen molar-refractivity contribution in [1.82, 2.24) is 14.8 Å². The molecule has 2 fully saturated rings. The van der Waals surface area contributed by atoms with Crippen LogP contribution in [-0.4, -0.2) is 64.0 Å². The summed E-state index contributed by atoms with van der Waals surface area (Å²) in [5.74, 6) is 1.43. The number of fused-ring (bicyclic) bond motifs is 2. The lowest BCUT2D eigenvalue weighted by Crippen LogP contribution is -2.58. The first-order valence-electron chi connectivity index (χ1n) is 14.1. The molecule has 1 aliphatic carbocycles. The number of nitro groups is 1. The van der Waals surface area contributed by atoms with Gasteiger partial charge in [-0.15, -0.1) is 0 Å². The second-order valence-electron chi connectivity index (χ2n) is 11.0. The number of H-pyrrole nitrogens is 1. The number of aryl methyl sites for hydroxylation is 1. The van der Waals surface area contributed by atoms with Crippen LogP contribution in [0.15, 0.2) is 42.5 Å². The van der Waals surface area contributed by atoms with Gasteiger partial charge in [-0.05, 0) is 67.3 Å². The molecule has 1 saturated heterocycles. The SMILES string of the molecule is CCc1c([C@@H](c2ccc3c(c2)OCO3)N2CC(=O)N(C3CCC(CC[N+](=O)[O-])CC3)CC2=O)[nH]c2ccccc12. The molecule has 1 saturated carbocycles. The molecular weight excluding hydrogens is 512 g/mol. The maximum Gasteiger partial charge on any atom is 0.243 e. The Bertz CT molecular complexity index is 1440. The summed E-state index contributed by atoms with van der Waals surface area (Å²) in [5, 5.41) is 11.9. The molecule has 6 rings (SSSR count). The number of aromatic nitrogens is 1. The van der Waals surface area contributed by atoms with Crippen LogP contribution < -0.4 is 9.47 Å². The Hall–Kier alpha value is -4.08. The van der Waals surface area contributed by atoms with Crippen LogP contribution in [0.4, 0.5) is 0 Å². The first kappa shape index (κ1) is 26.2. The predicted molar refractivity (Wildman–Crippen MR) is 148 cm³/mol. The monoisotopic (exact) mass is 546 g/mol. The number of nitrogens with one attached hydrogen (secondary N) is 1. The van der Waals surface area contributed by atoms with Gasteiger partial charge in [0.2, 0.25) is 25.2 Å². The van der Waals surface area contributed by atoms with E-state index in [2.05, 4.69) is 18.0 Å². The van der Waals surface area contributed by atoms with Crippen molar-refractivity contribution in [2.75, 3.05) is 26.4 Å². The van der Waals surface area contributed by atoms with Crippen molar-refractivity contribution in [3.8, 4) is 11.5 Å². The van der Waals surface area contributed by atoms with E-state index in [0.29, 0.717) is 23.8 Å². The Balaban J connectivity index is 1.28. The fourth-order valence-electron chi connectivity index (χ4n) is 6.67. The summed E-state index contributed by atoms with van der Waals surface area (Å²) in [6, 6.07) is 13.3. The van der Waals surface area contributed by atoms with Crippen LogP contribution in [-0.2, 0) is 16.0 Å². The first-order chi connectivity index (χ1) is 19.4. The van der Waals surface area contributed by atoms with Gasteiger partial charge in [-0.3, -0.25) is 19.7 Å². The Morgan fingerprint density at radius 2 is 1.80 bits per heavy atom. The minimum Gasteiger partial charge on any atom is -0.454 e. The number of nitrogens with zero attached hydrogens (tertiary/aromatic N) is 3. The van der Waals surface area contributed by atoms with Gasteiger partial charge in [-0.25, -0.2) is 0 Å². The van der Waals surface area contributed by atoms with Gasteiger partial charge in [0.15, 0.2) is 11.5 Å². The Labute approximate surface area is 232 Å². The number of hydrogen-bond acceptors (Lipinski definition) is 6. The van der Waals surface area contributed by atoms with Crippen molar-refractivity contribution < 1.29 is 24.0 Å². The van der Waals surface area contributed by atoms with Crippen LogP contribution in [0.2, 0.25) is 0 Å². The summed E-state index contributed by atoms with van der Waals surface area (Å²) in [6.07, 6.45) is 4.57. The normalized spacial score (nSPS) is 21.7. The molecule has 40 heavy (non-hydrogen) atoms. The van der Waals surface area contributed by atoms with Crippen LogP contribution in [0.3, 0.4) is 0 Å². The third-order valence-electron chi connectivity index (χ3n) is 8.73. The smallest absolute Gasteiger partial charge is 0.243 e. The summed E-state index contributed by atoms with van der Waals surface area (Å²) in [5.41, 5.74) is 3.87. The number of para-hydroxylation sites is 1. The Morgan fingerprint density at radius 1 is 1.02 bits per heavy atom. The molecule has 1 atom stereocenters. The average Bonchev–Trinajstić information content (AvgIpc) is 3.58. The van der Waals surface area contributed by atoms with Crippen molar-refractivity contribution in [3.05, 3.63) is 69.4 Å². The van der Waals surface area contributed by atoms with Crippen molar-refractivity contribution in [2.45, 2.75) is 57.5 Å². The molecule has 0 bridgehead atoms. The van der Waals surface area contributed by atoms with Gasteiger partial charge in [0.05, 0.1) is 6.04 Å². The lowest BCUT2D eigenvalue weighted by Gasteiger charge is -2.43. The summed E-state index contributed by atoms with van der Waals surface area (Å²) in [6.45, 7) is 2.26. The molecule has 3 aliphatic rings. The molecule has 210 valence electrons. The van der Waals surface area contributed by atoms with Crippen molar-refractivity contribution in [1.29, 1.82) is 0 Å². The summed E-state index contributed by atoms with van der Waals surface area (Å²) in [7, 11) is 0. The molecule has 1 N–H and O–H groups in total. The molecule has 2 aromatic carbocycles. The minimum atomic E-state index is -0.492. The van der Waals surface area contributed by atoms with Gasteiger partial charge in [-0.2, -0.15) is 0 Å². The molecule has 0 spiro atoms. The highest BCUT2D eigenvalue weighted by molar-refractivity contribution is 5.94. The van der Waals surface area contributed by atoms with Gasteiger partial charge in [0.25, 0.3) is 0 Å². The number of ether oxygens (including phenoxy) is 2. The predicted octanol–water partition coefficient (Wildman–Crippen LogP) is 4.44. The van der Waals surface area contributed by atoms with Crippen LogP contribution in [0.1, 0.15) is 61.9 Å². The van der Waals surface area contributed by atoms with E-state index >= 15 is 0 Å². The zero-order valence-electron chi connectivity index (χ0n) is 22.6. The second kappa shape index (κ2) is 10.8. The van der Waals surface area contributed by atoms with Gasteiger partial charge in [0, 0.05) is 34.0 Å². The molecule has 1 aromatic heterocycles. The Morgan fingerprint density at radius 3 is 2.58 bits per heavy atom. The summed E-state index contributed by atoms with van der Waals surface area (Å²) >= 11 is 0. The number of amides is 2. The van der Waals surface area contributed by atoms with Crippen LogP contribution >= 0.6 is 0 Å². The molecular formula is C30H34N4O6. The van der Waals surface area contributed by atoms with Crippen LogP contribution in [0, 0.1) is 16.0 Å². The molecule has 10 heteroatoms. The third-order valence-corrected chi connectivity index (χ3v) is 8.73. The van der Waals surface area contributed by atoms with E-state index in [-0.39, 0.29) is 49.2 Å². The highest BCUT2D eigenvalue weighted by Gasteiger charge is 2.41. The van der Waals surface area contributed by atoms with Crippen molar-refractivity contribution >= 4 is 22.7 Å². The molecule has 3 heterocycles. The fourth-order valence-corrected chi connectivity index (χ4v) is 6.67. The lowest BCUT2D eigenvalue weighted by atomic mass is 9.83. The largest absolute Gasteiger partial charge is 0.454 e. The molecule has 3 aromatic rings. The van der Waals surface area contributed by atoms with Gasteiger partial charge >= 0.3 is 0 Å². The standard InChI is InChI=1S/C30H34N4O6/c1-2-22-23-5-3-4-6-24(23)31-29(22)30(20-9-12-25-26(15-20)40-18-39-25)33-17-27(35)32(16-28(33)36)21-10-7-19(8-11-21)13-14-34(37)38/h3-6,9,12,15,19,21,30-31H,2,7-8,10-11,13-14,16-18H2,1H3/t19?,21?,30-/m1/s1. The number of hydrogen-bond donors (Lipinski definition) is 1. The quantitative estimate of drug-likeness (QED) is 0.330. The maximum absolute atomic E-state index is 13.9. The second-order valence-corrected chi connectivity index (χ2v) is 11.0. The molecule has 2 aliphatic heterocycles. The molecule has 0 radical (unpaired) electrons. The number of rotatable bonds is 8. The first-order valence-corrected chi connectivity index (χ1v) is 14.1. The van der Waals surface area contributed by atoms with Gasteiger partial charge in [0.1, 0.15) is 13.1 Å². The van der Waals surface area contributed by atoms with E-state index in [9.17, 15) is 19.7 Å². The topological polar surface area (TPSA) is 118 Å². The van der Waals surface area contributed by atoms with E-state index in [1.54, 1.807) is 9.80 Å². The van der Waals surface area contributed by atoms with Crippen LogP contribution in [0.25, 0.3) is 10.9 Å². The summed E-state index contributed by atoms with van der Waals surface area (Å²) in [4.78, 5) is 45.0. The average molecular weight is 547 g/mol. The minimum absolute atomic E-state index is 0.00581. The van der Waals surface area contributed by atoms with E-state index in [0.717, 1.165) is 59.8 Å². The van der Waals surface area contributed by atoms with E-state index in [4.69, 9.17) is 9.47 Å². The maximum atomic E-state index is 13.9. The Kier molecular flexibility index (Phi) is 7.08. The molecule has 2 amide bonds. The number of carbonyl (C=O) groups is 2. The zero-order chi connectivity index (χ0) is 27.8. The highest BCUT2D eigenvalue weighted by Crippen LogP contribution is 2.41. The number of carbonyl (C=O) groups excluding carboxylic acids is 2. The summed E-state index contributed by atoms with van der Waals surface area (Å²) < 4.78 is 11.2. The van der Waals surface area contributed by atoms with E-state index in [1.807, 2.05) is 36.4 Å². The fraction of sp³-hybridized carbons (Fsp3) is 0.467. The number of benzene rings is 2. The van der Waals surface area contributed by atoms with Crippen LogP contribution in [0.5, 0.6) is 11.5 Å². The molecule has 0 unspecified atom stereocenters.